The van der Waals surface area contributed by atoms with Gasteiger partial charge >= 0.3 is 0 Å². The van der Waals surface area contributed by atoms with Crippen LogP contribution in [0.5, 0.6) is 0 Å². The predicted octanol–water partition coefficient (Wildman–Crippen LogP) is 0.658. The van der Waals surface area contributed by atoms with Crippen LogP contribution in [0, 0.1) is 0 Å². The van der Waals surface area contributed by atoms with Crippen LogP contribution in [-0.2, 0) is 10.6 Å². The molecular weight excluding hydrogens is 260 g/mol. The molecule has 1 amide bonds. The van der Waals surface area contributed by atoms with Crippen LogP contribution < -0.4 is 4.90 Å². The molecule has 0 spiro atoms. The lowest BCUT2D eigenvalue weighted by Crippen LogP contribution is -2.26. The maximum absolute atomic E-state index is 11.9. The van der Waals surface area contributed by atoms with Gasteiger partial charge in [0.1, 0.15) is 15.4 Å². The first kappa shape index (κ1) is 11.1. The van der Waals surface area contributed by atoms with E-state index in [2.05, 4.69) is 4.98 Å². The zero-order chi connectivity index (χ0) is 12.4. The van der Waals surface area contributed by atoms with Gasteiger partial charge in [0.2, 0.25) is 0 Å². The molecule has 1 aromatic rings. The number of aromatic nitrogens is 1. The molecule has 5 nitrogen and oxygen atoms in total. The molecular formula is C10H8N2O3S2. The Balaban J connectivity index is 2.27. The van der Waals surface area contributed by atoms with Crippen molar-refractivity contribution < 1.29 is 15.0 Å². The molecule has 17 heavy (non-hydrogen) atoms. The van der Waals surface area contributed by atoms with Crippen LogP contribution in [0.1, 0.15) is 23.3 Å². The third kappa shape index (κ3) is 1.37. The van der Waals surface area contributed by atoms with Crippen LogP contribution in [-0.4, -0.2) is 25.4 Å². The first-order valence-corrected chi connectivity index (χ1v) is 6.19. The van der Waals surface area contributed by atoms with Gasteiger partial charge in [-0.3, -0.25) is 4.79 Å². The van der Waals surface area contributed by atoms with E-state index >= 15 is 0 Å². The van der Waals surface area contributed by atoms with Crippen LogP contribution in [0.4, 0.5) is 5.82 Å². The van der Waals surface area contributed by atoms with E-state index in [1.54, 1.807) is 0 Å². The second kappa shape index (κ2) is 3.26. The third-order valence-electron chi connectivity index (χ3n) is 2.80. The molecule has 2 aliphatic rings. The van der Waals surface area contributed by atoms with Crippen molar-refractivity contribution in [3.63, 3.8) is 0 Å². The molecule has 1 atom stereocenters. The fourth-order valence-corrected chi connectivity index (χ4v) is 3.60. The van der Waals surface area contributed by atoms with Crippen molar-refractivity contribution in [2.45, 2.75) is 18.0 Å². The number of aliphatic hydroxyl groups is 2. The molecule has 2 N–H and O–H groups in total. The molecule has 3 heterocycles. The van der Waals surface area contributed by atoms with E-state index in [1.165, 1.54) is 35.8 Å². The third-order valence-corrected chi connectivity index (χ3v) is 4.33. The summed E-state index contributed by atoms with van der Waals surface area (Å²) in [5, 5.41) is 18.9. The Morgan fingerprint density at radius 2 is 2.29 bits per heavy atom. The summed E-state index contributed by atoms with van der Waals surface area (Å²) in [6, 6.07) is 1.51. The van der Waals surface area contributed by atoms with Gasteiger partial charge in [0.25, 0.3) is 5.91 Å². The predicted molar refractivity (Wildman–Crippen MR) is 66.4 cm³/mol. The molecule has 0 aromatic carbocycles. The largest absolute Gasteiger partial charge is 0.362 e. The van der Waals surface area contributed by atoms with Gasteiger partial charge in [0.05, 0.1) is 0 Å². The molecule has 1 aromatic heterocycles. The number of carbonyl (C=O) groups is 1. The highest BCUT2D eigenvalue weighted by molar-refractivity contribution is 8.24. The summed E-state index contributed by atoms with van der Waals surface area (Å²) in [5.41, 5.74) is 0.863. The summed E-state index contributed by atoms with van der Waals surface area (Å²) < 4.78 is 0.467. The van der Waals surface area contributed by atoms with Crippen molar-refractivity contribution in [3.8, 4) is 0 Å². The number of thiocarbonyl (C=S) groups is 1. The number of thioether (sulfide) groups is 1. The first-order chi connectivity index (χ1) is 7.91. The number of nitrogens with zero attached hydrogens (tertiary/aromatic N) is 2. The van der Waals surface area contributed by atoms with Crippen molar-refractivity contribution in [1.29, 1.82) is 0 Å². The molecule has 0 saturated carbocycles. The van der Waals surface area contributed by atoms with Gasteiger partial charge in [-0.1, -0.05) is 24.0 Å². The molecule has 1 saturated heterocycles. The standard InChI is InChI=1S/C10H8N2O3S2/c1-10(14,15)4-2-3-11-7-5(4)6-8(13)12(7)9(16)17-6/h2-3,6,14-15H,1H3. The minimum absolute atomic E-state index is 0.154. The summed E-state index contributed by atoms with van der Waals surface area (Å²) in [6.07, 6.45) is 1.44. The lowest BCUT2D eigenvalue weighted by atomic mass is 10.0. The van der Waals surface area contributed by atoms with Crippen molar-refractivity contribution >= 4 is 40.0 Å². The van der Waals surface area contributed by atoms with Gasteiger partial charge in [0, 0.05) is 17.3 Å². The summed E-state index contributed by atoms with van der Waals surface area (Å²) in [4.78, 5) is 17.4. The smallest absolute Gasteiger partial charge is 0.252 e. The maximum atomic E-state index is 11.9. The zero-order valence-corrected chi connectivity index (χ0v) is 10.4. The van der Waals surface area contributed by atoms with Gasteiger partial charge in [-0.15, -0.1) is 0 Å². The van der Waals surface area contributed by atoms with E-state index in [0.29, 0.717) is 21.3 Å². The molecule has 0 aliphatic carbocycles. The number of hydrogen-bond donors (Lipinski definition) is 2. The molecule has 0 radical (unpaired) electrons. The molecule has 2 aliphatic heterocycles. The topological polar surface area (TPSA) is 73.7 Å². The number of amides is 1. The highest BCUT2D eigenvalue weighted by atomic mass is 32.2. The lowest BCUT2D eigenvalue weighted by molar-refractivity contribution is -0.153. The first-order valence-electron chi connectivity index (χ1n) is 4.90. The van der Waals surface area contributed by atoms with Gasteiger partial charge in [-0.05, 0) is 13.0 Å². The van der Waals surface area contributed by atoms with Crippen LogP contribution in [0.3, 0.4) is 0 Å². The van der Waals surface area contributed by atoms with Gasteiger partial charge in [0.15, 0.2) is 5.79 Å². The van der Waals surface area contributed by atoms with Gasteiger partial charge < -0.3 is 10.2 Å². The summed E-state index contributed by atoms with van der Waals surface area (Å²) in [5.74, 6) is -1.71. The fraction of sp³-hybridized carbons (Fsp3) is 0.300. The van der Waals surface area contributed by atoms with E-state index < -0.39 is 11.0 Å². The van der Waals surface area contributed by atoms with Crippen molar-refractivity contribution in [3.05, 3.63) is 23.4 Å². The highest BCUT2D eigenvalue weighted by Crippen LogP contribution is 2.53. The van der Waals surface area contributed by atoms with Crippen LogP contribution in [0.25, 0.3) is 0 Å². The summed E-state index contributed by atoms with van der Waals surface area (Å²) in [6.45, 7) is 1.26. The fourth-order valence-electron chi connectivity index (χ4n) is 2.10. The average molecular weight is 268 g/mol. The van der Waals surface area contributed by atoms with Gasteiger partial charge in [-0.2, -0.15) is 0 Å². The van der Waals surface area contributed by atoms with E-state index in [4.69, 9.17) is 12.2 Å². The summed E-state index contributed by atoms with van der Waals surface area (Å²) >= 11 is 6.31. The SMILES string of the molecule is CC(O)(O)c1ccnc2c1C1SC(=S)N2C1=O. The number of hydrogen-bond acceptors (Lipinski definition) is 6. The van der Waals surface area contributed by atoms with Crippen LogP contribution >= 0.6 is 24.0 Å². The Morgan fingerprint density at radius 1 is 1.59 bits per heavy atom. The Labute approximate surface area is 106 Å². The monoisotopic (exact) mass is 268 g/mol. The Kier molecular flexibility index (Phi) is 2.13. The van der Waals surface area contributed by atoms with Gasteiger partial charge in [-0.25, -0.2) is 9.88 Å². The number of pyridine rings is 1. The van der Waals surface area contributed by atoms with Crippen LogP contribution in [0.2, 0.25) is 0 Å². The number of rotatable bonds is 1. The Morgan fingerprint density at radius 3 is 2.94 bits per heavy atom. The highest BCUT2D eigenvalue weighted by Gasteiger charge is 2.51. The molecule has 88 valence electrons. The number of anilines is 1. The van der Waals surface area contributed by atoms with E-state index in [1.807, 2.05) is 0 Å². The number of carbonyl (C=O) groups excluding carboxylic acids is 1. The Hall–Kier alpha value is -1.02. The van der Waals surface area contributed by atoms with Crippen molar-refractivity contribution in [2.24, 2.45) is 0 Å². The average Bonchev–Trinajstić information content (AvgIpc) is 2.66. The molecule has 2 bridgehead atoms. The maximum Gasteiger partial charge on any atom is 0.252 e. The second-order valence-electron chi connectivity index (χ2n) is 4.05. The van der Waals surface area contributed by atoms with Crippen molar-refractivity contribution in [2.75, 3.05) is 4.90 Å². The van der Waals surface area contributed by atoms with Crippen LogP contribution in [0.15, 0.2) is 12.3 Å². The molecule has 3 rings (SSSR count). The second-order valence-corrected chi connectivity index (χ2v) is 5.79. The minimum Gasteiger partial charge on any atom is -0.362 e. The normalized spacial score (nSPS) is 22.3. The molecule has 7 heteroatoms. The molecule has 1 fully saturated rings. The minimum atomic E-state index is -1.99. The number of fused-ring (bicyclic) bond motifs is 5. The lowest BCUT2D eigenvalue weighted by Gasteiger charge is -2.23. The Bertz CT molecular complexity index is 553. The zero-order valence-electron chi connectivity index (χ0n) is 8.75. The van der Waals surface area contributed by atoms with E-state index in [0.717, 1.165) is 0 Å². The quantitative estimate of drug-likeness (QED) is 0.576. The molecule has 1 unspecified atom stereocenters. The summed E-state index contributed by atoms with van der Waals surface area (Å²) in [7, 11) is 0. The van der Waals surface area contributed by atoms with Crippen molar-refractivity contribution in [1.82, 2.24) is 4.98 Å². The van der Waals surface area contributed by atoms with E-state index in [-0.39, 0.29) is 5.91 Å². The van der Waals surface area contributed by atoms with E-state index in [9.17, 15) is 15.0 Å².